The van der Waals surface area contributed by atoms with Crippen LogP contribution in [0.1, 0.15) is 19.4 Å². The SMILES string of the molecule is CC(C)(CNC(=O)N1CCN(c2ncccn2)CC1)c1cccc(Cl)c1. The van der Waals surface area contributed by atoms with E-state index in [-0.39, 0.29) is 11.4 Å². The molecule has 0 atom stereocenters. The van der Waals surface area contributed by atoms with E-state index in [0.717, 1.165) is 24.6 Å². The van der Waals surface area contributed by atoms with Gasteiger partial charge in [0.1, 0.15) is 0 Å². The van der Waals surface area contributed by atoms with E-state index in [1.54, 1.807) is 18.5 Å². The van der Waals surface area contributed by atoms with Gasteiger partial charge in [-0.3, -0.25) is 0 Å². The van der Waals surface area contributed by atoms with Crippen LogP contribution < -0.4 is 10.2 Å². The first-order chi connectivity index (χ1) is 12.5. The number of piperazine rings is 1. The van der Waals surface area contributed by atoms with E-state index >= 15 is 0 Å². The number of halogens is 1. The number of nitrogens with zero attached hydrogens (tertiary/aromatic N) is 4. The van der Waals surface area contributed by atoms with Gasteiger partial charge in [0.25, 0.3) is 0 Å². The van der Waals surface area contributed by atoms with Gasteiger partial charge in [-0.15, -0.1) is 0 Å². The van der Waals surface area contributed by atoms with Gasteiger partial charge in [-0.1, -0.05) is 37.6 Å². The second-order valence-corrected chi connectivity index (χ2v) is 7.51. The van der Waals surface area contributed by atoms with Crippen molar-refractivity contribution in [2.24, 2.45) is 0 Å². The maximum absolute atomic E-state index is 12.5. The van der Waals surface area contributed by atoms with Crippen molar-refractivity contribution in [3.63, 3.8) is 0 Å². The van der Waals surface area contributed by atoms with Crippen molar-refractivity contribution in [3.8, 4) is 0 Å². The van der Waals surface area contributed by atoms with Crippen LogP contribution >= 0.6 is 11.6 Å². The molecule has 0 aliphatic carbocycles. The number of carbonyl (C=O) groups is 1. The molecule has 1 N–H and O–H groups in total. The van der Waals surface area contributed by atoms with Gasteiger partial charge in [0.15, 0.2) is 0 Å². The van der Waals surface area contributed by atoms with Gasteiger partial charge in [-0.2, -0.15) is 0 Å². The van der Waals surface area contributed by atoms with Gasteiger partial charge in [0.2, 0.25) is 5.95 Å². The summed E-state index contributed by atoms with van der Waals surface area (Å²) in [6.45, 7) is 7.52. The molecule has 2 heterocycles. The smallest absolute Gasteiger partial charge is 0.317 e. The second kappa shape index (κ2) is 7.91. The minimum absolute atomic E-state index is 0.0336. The lowest BCUT2D eigenvalue weighted by atomic mass is 9.84. The molecule has 0 saturated carbocycles. The Bertz CT molecular complexity index is 745. The maximum Gasteiger partial charge on any atom is 0.317 e. The molecular formula is C19H24ClN5O. The summed E-state index contributed by atoms with van der Waals surface area (Å²) in [6, 6.07) is 9.55. The van der Waals surface area contributed by atoms with Crippen LogP contribution in [-0.2, 0) is 5.41 Å². The number of nitrogens with one attached hydrogen (secondary N) is 1. The first kappa shape index (κ1) is 18.5. The van der Waals surface area contributed by atoms with Crippen LogP contribution in [0.4, 0.5) is 10.7 Å². The largest absolute Gasteiger partial charge is 0.337 e. The number of aromatic nitrogens is 2. The monoisotopic (exact) mass is 373 g/mol. The number of benzene rings is 1. The fourth-order valence-corrected chi connectivity index (χ4v) is 3.17. The Morgan fingerprint density at radius 3 is 2.50 bits per heavy atom. The first-order valence-electron chi connectivity index (χ1n) is 8.76. The molecule has 1 fully saturated rings. The molecule has 0 bridgehead atoms. The molecule has 1 aromatic carbocycles. The quantitative estimate of drug-likeness (QED) is 0.895. The molecule has 6 nitrogen and oxygen atoms in total. The summed E-state index contributed by atoms with van der Waals surface area (Å²) < 4.78 is 0. The molecule has 1 aromatic heterocycles. The Kier molecular flexibility index (Phi) is 5.61. The molecule has 2 aromatic rings. The summed E-state index contributed by atoms with van der Waals surface area (Å²) in [5, 5.41) is 3.77. The second-order valence-electron chi connectivity index (χ2n) is 7.08. The van der Waals surface area contributed by atoms with E-state index in [4.69, 9.17) is 11.6 Å². The van der Waals surface area contributed by atoms with Crippen LogP contribution in [-0.4, -0.2) is 53.6 Å². The molecule has 26 heavy (non-hydrogen) atoms. The van der Waals surface area contributed by atoms with Crippen molar-refractivity contribution in [1.82, 2.24) is 20.2 Å². The molecule has 138 valence electrons. The molecule has 0 unspecified atom stereocenters. The highest BCUT2D eigenvalue weighted by molar-refractivity contribution is 6.30. The Hall–Kier alpha value is -2.34. The highest BCUT2D eigenvalue weighted by Gasteiger charge is 2.25. The van der Waals surface area contributed by atoms with Gasteiger partial charge in [0.05, 0.1) is 0 Å². The maximum atomic E-state index is 12.5. The predicted octanol–water partition coefficient (Wildman–Crippen LogP) is 2.94. The van der Waals surface area contributed by atoms with Crippen LogP contribution in [0.15, 0.2) is 42.7 Å². The summed E-state index contributed by atoms with van der Waals surface area (Å²) in [6.07, 6.45) is 3.47. The van der Waals surface area contributed by atoms with Crippen molar-refractivity contribution in [1.29, 1.82) is 0 Å². The third-order valence-corrected chi connectivity index (χ3v) is 4.92. The highest BCUT2D eigenvalue weighted by Crippen LogP contribution is 2.25. The molecule has 2 amide bonds. The Labute approximate surface area is 159 Å². The van der Waals surface area contributed by atoms with E-state index in [2.05, 4.69) is 34.0 Å². The van der Waals surface area contributed by atoms with E-state index in [9.17, 15) is 4.79 Å². The summed E-state index contributed by atoms with van der Waals surface area (Å²) in [5.74, 6) is 0.717. The van der Waals surface area contributed by atoms with Crippen molar-refractivity contribution in [2.45, 2.75) is 19.3 Å². The molecule has 1 aliphatic rings. The zero-order valence-electron chi connectivity index (χ0n) is 15.2. The third kappa shape index (κ3) is 4.43. The molecule has 7 heteroatoms. The number of amides is 2. The fourth-order valence-electron chi connectivity index (χ4n) is 2.98. The Balaban J connectivity index is 1.51. The lowest BCUT2D eigenvalue weighted by Crippen LogP contribution is -2.53. The lowest BCUT2D eigenvalue weighted by molar-refractivity contribution is 0.192. The van der Waals surface area contributed by atoms with Crippen molar-refractivity contribution < 1.29 is 4.79 Å². The predicted molar refractivity (Wildman–Crippen MR) is 104 cm³/mol. The zero-order chi connectivity index (χ0) is 18.6. The van der Waals surface area contributed by atoms with Gasteiger partial charge in [-0.25, -0.2) is 14.8 Å². The number of urea groups is 1. The number of hydrogen-bond acceptors (Lipinski definition) is 4. The number of carbonyl (C=O) groups excluding carboxylic acids is 1. The molecule has 1 saturated heterocycles. The minimum Gasteiger partial charge on any atom is -0.337 e. The van der Waals surface area contributed by atoms with Crippen molar-refractivity contribution in [2.75, 3.05) is 37.6 Å². The standard InChI is InChI=1S/C19H24ClN5O/c1-19(2,15-5-3-6-16(20)13-15)14-23-18(26)25-11-9-24(10-12-25)17-21-7-4-8-22-17/h3-8,13H,9-12,14H2,1-2H3,(H,23,26). The lowest BCUT2D eigenvalue weighted by Gasteiger charge is -2.35. The number of hydrogen-bond donors (Lipinski definition) is 1. The van der Waals surface area contributed by atoms with E-state index in [1.165, 1.54) is 0 Å². The highest BCUT2D eigenvalue weighted by atomic mass is 35.5. The van der Waals surface area contributed by atoms with Crippen LogP contribution in [0.2, 0.25) is 5.02 Å². The number of rotatable bonds is 4. The fraction of sp³-hybridized carbons (Fsp3) is 0.421. The molecule has 0 radical (unpaired) electrons. The van der Waals surface area contributed by atoms with Gasteiger partial charge in [0, 0.05) is 55.6 Å². The minimum atomic E-state index is -0.194. The topological polar surface area (TPSA) is 61.4 Å². The molecular weight excluding hydrogens is 350 g/mol. The molecule has 1 aliphatic heterocycles. The Morgan fingerprint density at radius 1 is 1.15 bits per heavy atom. The van der Waals surface area contributed by atoms with Crippen LogP contribution in [0.5, 0.6) is 0 Å². The summed E-state index contributed by atoms with van der Waals surface area (Å²) in [4.78, 5) is 25.0. The zero-order valence-corrected chi connectivity index (χ0v) is 15.9. The van der Waals surface area contributed by atoms with E-state index in [1.807, 2.05) is 29.2 Å². The van der Waals surface area contributed by atoms with Crippen molar-refractivity contribution in [3.05, 3.63) is 53.3 Å². The van der Waals surface area contributed by atoms with Crippen molar-refractivity contribution >= 4 is 23.6 Å². The summed E-state index contributed by atoms with van der Waals surface area (Å²) in [7, 11) is 0. The van der Waals surface area contributed by atoms with Crippen LogP contribution in [0.25, 0.3) is 0 Å². The summed E-state index contributed by atoms with van der Waals surface area (Å²) >= 11 is 6.09. The van der Waals surface area contributed by atoms with Gasteiger partial charge in [-0.05, 0) is 23.8 Å². The van der Waals surface area contributed by atoms with Crippen LogP contribution in [0, 0.1) is 0 Å². The summed E-state index contributed by atoms with van der Waals surface area (Å²) in [5.41, 5.74) is 0.914. The van der Waals surface area contributed by atoms with Gasteiger partial charge >= 0.3 is 6.03 Å². The van der Waals surface area contributed by atoms with Crippen LogP contribution in [0.3, 0.4) is 0 Å². The first-order valence-corrected chi connectivity index (χ1v) is 9.14. The average Bonchev–Trinajstić information content (AvgIpc) is 2.67. The van der Waals surface area contributed by atoms with Gasteiger partial charge < -0.3 is 15.1 Å². The molecule has 3 rings (SSSR count). The average molecular weight is 374 g/mol. The molecule has 0 spiro atoms. The number of anilines is 1. The Morgan fingerprint density at radius 2 is 1.85 bits per heavy atom. The third-order valence-electron chi connectivity index (χ3n) is 4.69. The van der Waals surface area contributed by atoms with E-state index in [0.29, 0.717) is 24.7 Å². The normalized spacial score (nSPS) is 15.0. The van der Waals surface area contributed by atoms with E-state index < -0.39 is 0 Å².